The second-order valence-corrected chi connectivity index (χ2v) is 7.28. The largest absolute Gasteiger partial charge is 0.493 e. The van der Waals surface area contributed by atoms with E-state index >= 15 is 0 Å². The Kier molecular flexibility index (Phi) is 7.85. The van der Waals surface area contributed by atoms with Crippen molar-refractivity contribution in [3.8, 4) is 11.5 Å². The van der Waals surface area contributed by atoms with Crippen molar-refractivity contribution in [2.24, 2.45) is 16.3 Å². The second kappa shape index (κ2) is 9.67. The van der Waals surface area contributed by atoms with Crippen LogP contribution in [0.2, 0.25) is 0 Å². The molecule has 0 unspecified atom stereocenters. The Morgan fingerprint density at radius 2 is 1.88 bits per heavy atom. The maximum atomic E-state index is 5.37. The van der Waals surface area contributed by atoms with Gasteiger partial charge in [0.1, 0.15) is 0 Å². The quantitative estimate of drug-likeness (QED) is 0.344. The molecule has 0 aromatic heterocycles. The van der Waals surface area contributed by atoms with Gasteiger partial charge in [0.15, 0.2) is 17.5 Å². The van der Waals surface area contributed by atoms with E-state index in [0.29, 0.717) is 5.41 Å². The van der Waals surface area contributed by atoms with Crippen molar-refractivity contribution in [1.29, 1.82) is 0 Å². The van der Waals surface area contributed by atoms with Gasteiger partial charge in [-0.25, -0.2) is 0 Å². The van der Waals surface area contributed by atoms with Crippen molar-refractivity contribution in [2.75, 3.05) is 34.4 Å². The minimum absolute atomic E-state index is 0. The Hall–Kier alpha value is -1.18. The van der Waals surface area contributed by atoms with Crippen LogP contribution in [0.1, 0.15) is 37.7 Å². The average Bonchev–Trinajstić information content (AvgIpc) is 3.44. The van der Waals surface area contributed by atoms with Gasteiger partial charge in [0.25, 0.3) is 0 Å². The number of aliphatic imine (C=N–C) groups is 1. The first-order valence-corrected chi connectivity index (χ1v) is 9.36. The molecule has 2 aliphatic rings. The molecule has 2 N–H and O–H groups in total. The van der Waals surface area contributed by atoms with Gasteiger partial charge < -0.3 is 20.1 Å². The fraction of sp³-hybridized carbons (Fsp3) is 0.650. The third-order valence-electron chi connectivity index (χ3n) is 5.78. The fourth-order valence-corrected chi connectivity index (χ4v) is 3.90. The standard InChI is InChI=1S/C20H31N3O2.HI/c1-21-19(23-14-20(10-4-11-20)16-6-7-16)22-12-9-15-5-8-17(24-2)18(13-15)25-3;/h5,8,13,16H,4,6-7,9-12,14H2,1-3H3,(H2,21,22,23);1H. The summed E-state index contributed by atoms with van der Waals surface area (Å²) in [5, 5.41) is 6.99. The van der Waals surface area contributed by atoms with E-state index in [0.717, 1.165) is 42.9 Å². The molecule has 0 radical (unpaired) electrons. The Bertz CT molecular complexity index is 613. The predicted octanol–water partition coefficient (Wildman–Crippen LogP) is 3.61. The lowest BCUT2D eigenvalue weighted by atomic mass is 9.65. The SMILES string of the molecule is CN=C(NCCc1ccc(OC)c(OC)c1)NCC1(C2CC2)CCC1.I. The summed E-state index contributed by atoms with van der Waals surface area (Å²) in [6.07, 6.45) is 7.92. The first-order valence-electron chi connectivity index (χ1n) is 9.36. The molecule has 0 bridgehead atoms. The summed E-state index contributed by atoms with van der Waals surface area (Å²) in [4.78, 5) is 4.37. The Morgan fingerprint density at radius 1 is 1.15 bits per heavy atom. The molecule has 1 aromatic rings. The molecule has 0 aliphatic heterocycles. The molecule has 6 heteroatoms. The number of hydrogen-bond acceptors (Lipinski definition) is 3. The minimum Gasteiger partial charge on any atom is -0.493 e. The van der Waals surface area contributed by atoms with Crippen LogP contribution >= 0.6 is 24.0 Å². The molecule has 1 aromatic carbocycles. The Balaban J connectivity index is 0.00000243. The number of guanidine groups is 1. The molecule has 3 rings (SSSR count). The van der Waals surface area contributed by atoms with Gasteiger partial charge in [-0.1, -0.05) is 12.5 Å². The topological polar surface area (TPSA) is 54.9 Å². The molecule has 2 fully saturated rings. The lowest BCUT2D eigenvalue weighted by molar-refractivity contribution is 0.106. The normalized spacial score (nSPS) is 18.3. The first-order chi connectivity index (χ1) is 12.2. The molecule has 0 saturated heterocycles. The van der Waals surface area contributed by atoms with Crippen LogP contribution in [0.3, 0.4) is 0 Å². The highest BCUT2D eigenvalue weighted by molar-refractivity contribution is 14.0. The Labute approximate surface area is 174 Å². The molecule has 0 spiro atoms. The third kappa shape index (κ3) is 4.96. The van der Waals surface area contributed by atoms with Crippen LogP contribution < -0.4 is 20.1 Å². The summed E-state index contributed by atoms with van der Waals surface area (Å²) in [7, 11) is 5.17. The number of nitrogens with one attached hydrogen (secondary N) is 2. The molecule has 2 saturated carbocycles. The van der Waals surface area contributed by atoms with E-state index in [4.69, 9.17) is 9.47 Å². The number of ether oxygens (including phenoxy) is 2. The second-order valence-electron chi connectivity index (χ2n) is 7.28. The summed E-state index contributed by atoms with van der Waals surface area (Å²) in [6, 6.07) is 6.07. The number of hydrogen-bond donors (Lipinski definition) is 2. The van der Waals surface area contributed by atoms with E-state index in [1.54, 1.807) is 14.2 Å². The number of nitrogens with zero attached hydrogens (tertiary/aromatic N) is 1. The van der Waals surface area contributed by atoms with E-state index < -0.39 is 0 Å². The van der Waals surface area contributed by atoms with Gasteiger partial charge in [-0.3, -0.25) is 4.99 Å². The summed E-state index contributed by atoms with van der Waals surface area (Å²) in [5.41, 5.74) is 1.77. The molecular weight excluding hydrogens is 441 g/mol. The molecule has 5 nitrogen and oxygen atoms in total. The maximum absolute atomic E-state index is 5.37. The molecule has 2 aliphatic carbocycles. The van der Waals surface area contributed by atoms with Crippen LogP contribution in [0.5, 0.6) is 11.5 Å². The van der Waals surface area contributed by atoms with E-state index in [9.17, 15) is 0 Å². The monoisotopic (exact) mass is 473 g/mol. The highest BCUT2D eigenvalue weighted by atomic mass is 127. The third-order valence-corrected chi connectivity index (χ3v) is 5.78. The van der Waals surface area contributed by atoms with Gasteiger partial charge >= 0.3 is 0 Å². The van der Waals surface area contributed by atoms with Gasteiger partial charge in [-0.05, 0) is 61.1 Å². The van der Waals surface area contributed by atoms with Gasteiger partial charge in [0, 0.05) is 20.1 Å². The summed E-state index contributed by atoms with van der Waals surface area (Å²) in [6.45, 7) is 1.90. The lowest BCUT2D eigenvalue weighted by Gasteiger charge is -2.43. The van der Waals surface area contributed by atoms with Gasteiger partial charge in [-0.15, -0.1) is 24.0 Å². The van der Waals surface area contributed by atoms with E-state index in [1.807, 2.05) is 19.2 Å². The molecule has 26 heavy (non-hydrogen) atoms. The molecule has 0 atom stereocenters. The molecule has 0 amide bonds. The fourth-order valence-electron chi connectivity index (χ4n) is 3.90. The smallest absolute Gasteiger partial charge is 0.191 e. The van der Waals surface area contributed by atoms with Crippen molar-refractivity contribution in [1.82, 2.24) is 10.6 Å². The van der Waals surface area contributed by atoms with Crippen molar-refractivity contribution in [3.05, 3.63) is 23.8 Å². The van der Waals surface area contributed by atoms with Crippen LogP contribution in [0.4, 0.5) is 0 Å². The highest BCUT2D eigenvalue weighted by Crippen LogP contribution is 2.56. The van der Waals surface area contributed by atoms with Crippen LogP contribution in [0, 0.1) is 11.3 Å². The predicted molar refractivity (Wildman–Crippen MR) is 117 cm³/mol. The Morgan fingerprint density at radius 3 is 2.42 bits per heavy atom. The zero-order valence-corrected chi connectivity index (χ0v) is 18.5. The van der Waals surface area contributed by atoms with Gasteiger partial charge in [0.2, 0.25) is 0 Å². The zero-order chi connectivity index (χ0) is 17.7. The van der Waals surface area contributed by atoms with Crippen LogP contribution in [-0.2, 0) is 6.42 Å². The van der Waals surface area contributed by atoms with E-state index in [1.165, 1.54) is 37.7 Å². The highest BCUT2D eigenvalue weighted by Gasteiger charge is 2.48. The molecule has 0 heterocycles. The van der Waals surface area contributed by atoms with Gasteiger partial charge in [-0.2, -0.15) is 0 Å². The van der Waals surface area contributed by atoms with E-state index in [-0.39, 0.29) is 24.0 Å². The van der Waals surface area contributed by atoms with Crippen molar-refractivity contribution in [3.63, 3.8) is 0 Å². The minimum atomic E-state index is 0. The molecule has 146 valence electrons. The van der Waals surface area contributed by atoms with Crippen molar-refractivity contribution >= 4 is 29.9 Å². The van der Waals surface area contributed by atoms with Crippen LogP contribution in [-0.4, -0.2) is 40.3 Å². The lowest BCUT2D eigenvalue weighted by Crippen LogP contribution is -2.47. The summed E-state index contributed by atoms with van der Waals surface area (Å²) in [5.74, 6) is 3.41. The van der Waals surface area contributed by atoms with E-state index in [2.05, 4.69) is 21.7 Å². The number of benzene rings is 1. The summed E-state index contributed by atoms with van der Waals surface area (Å²) >= 11 is 0. The van der Waals surface area contributed by atoms with Crippen LogP contribution in [0.25, 0.3) is 0 Å². The number of methoxy groups -OCH3 is 2. The summed E-state index contributed by atoms with van der Waals surface area (Å²) < 4.78 is 10.7. The van der Waals surface area contributed by atoms with Crippen molar-refractivity contribution < 1.29 is 9.47 Å². The van der Waals surface area contributed by atoms with Crippen molar-refractivity contribution in [2.45, 2.75) is 38.5 Å². The zero-order valence-electron chi connectivity index (χ0n) is 16.1. The average molecular weight is 473 g/mol. The molecular formula is C20H32IN3O2. The number of halogens is 1. The number of rotatable bonds is 8. The van der Waals surface area contributed by atoms with Gasteiger partial charge in [0.05, 0.1) is 14.2 Å². The van der Waals surface area contributed by atoms with Crippen LogP contribution in [0.15, 0.2) is 23.2 Å². The maximum Gasteiger partial charge on any atom is 0.191 e. The first kappa shape index (κ1) is 21.1.